The average molecular weight is 266 g/mol. The Hall–Kier alpha value is -2.40. The van der Waals surface area contributed by atoms with Crippen LogP contribution in [-0.2, 0) is 10.0 Å². The molecular weight excluding hydrogens is 259 g/mol. The number of benzene rings is 1. The van der Waals surface area contributed by atoms with Gasteiger partial charge in [-0.1, -0.05) is 0 Å². The maximum atomic E-state index is 12.9. The number of anilines is 1. The van der Waals surface area contributed by atoms with Gasteiger partial charge in [0.25, 0.3) is 10.0 Å². The van der Waals surface area contributed by atoms with E-state index in [1.807, 2.05) is 0 Å². The Kier molecular flexibility index (Phi) is 2.99. The number of halogens is 1. The number of aromatic amines is 1. The first-order chi connectivity index (χ1) is 8.53. The Morgan fingerprint density at radius 3 is 2.83 bits per heavy atom. The summed E-state index contributed by atoms with van der Waals surface area (Å²) in [7, 11) is -3.83. The summed E-state index contributed by atoms with van der Waals surface area (Å²) < 4.78 is 38.8. The van der Waals surface area contributed by atoms with Crippen molar-refractivity contribution in [1.29, 1.82) is 5.26 Å². The molecule has 0 saturated heterocycles. The first kappa shape index (κ1) is 12.1. The Morgan fingerprint density at radius 1 is 1.44 bits per heavy atom. The molecule has 8 heteroatoms. The number of aromatic nitrogens is 2. The van der Waals surface area contributed by atoms with Gasteiger partial charge in [0.1, 0.15) is 16.8 Å². The van der Waals surface area contributed by atoms with Crippen molar-refractivity contribution >= 4 is 15.7 Å². The predicted molar refractivity (Wildman–Crippen MR) is 60.5 cm³/mol. The van der Waals surface area contributed by atoms with Crippen LogP contribution in [0.5, 0.6) is 0 Å². The first-order valence-electron chi connectivity index (χ1n) is 4.74. The highest BCUT2D eigenvalue weighted by Crippen LogP contribution is 2.19. The second-order valence-electron chi connectivity index (χ2n) is 3.34. The molecule has 2 N–H and O–H groups in total. The van der Waals surface area contributed by atoms with Crippen LogP contribution in [0.2, 0.25) is 0 Å². The van der Waals surface area contributed by atoms with E-state index < -0.39 is 15.8 Å². The first-order valence-corrected chi connectivity index (χ1v) is 6.22. The normalized spacial score (nSPS) is 10.9. The minimum absolute atomic E-state index is 0.0140. The quantitative estimate of drug-likeness (QED) is 0.872. The van der Waals surface area contributed by atoms with Crippen molar-refractivity contribution in [1.82, 2.24) is 10.2 Å². The SMILES string of the molecule is N#Cc1cc(F)ccc1NS(=O)(=O)c1cn[nH]c1. The molecule has 0 atom stereocenters. The highest BCUT2D eigenvalue weighted by molar-refractivity contribution is 7.92. The summed E-state index contributed by atoms with van der Waals surface area (Å²) >= 11 is 0. The highest BCUT2D eigenvalue weighted by Gasteiger charge is 2.17. The third-order valence-electron chi connectivity index (χ3n) is 2.13. The minimum Gasteiger partial charge on any atom is -0.284 e. The van der Waals surface area contributed by atoms with Crippen LogP contribution in [0.3, 0.4) is 0 Å². The summed E-state index contributed by atoms with van der Waals surface area (Å²) in [6.07, 6.45) is 2.32. The number of hydrogen-bond acceptors (Lipinski definition) is 4. The molecule has 2 aromatic rings. The zero-order valence-corrected chi connectivity index (χ0v) is 9.70. The maximum Gasteiger partial charge on any atom is 0.265 e. The zero-order chi connectivity index (χ0) is 13.2. The summed E-state index contributed by atoms with van der Waals surface area (Å²) in [5.41, 5.74) is -0.0813. The van der Waals surface area contributed by atoms with E-state index in [0.29, 0.717) is 0 Å². The third kappa shape index (κ3) is 2.31. The van der Waals surface area contributed by atoms with Crippen molar-refractivity contribution in [3.63, 3.8) is 0 Å². The van der Waals surface area contributed by atoms with Gasteiger partial charge in [-0.2, -0.15) is 10.4 Å². The summed E-state index contributed by atoms with van der Waals surface area (Å²) in [5, 5.41) is 14.7. The number of nitrogens with zero attached hydrogens (tertiary/aromatic N) is 2. The molecule has 1 heterocycles. The Morgan fingerprint density at radius 2 is 2.22 bits per heavy atom. The van der Waals surface area contributed by atoms with Crippen LogP contribution < -0.4 is 4.72 Å². The summed E-state index contributed by atoms with van der Waals surface area (Å²) in [5.74, 6) is -0.613. The van der Waals surface area contributed by atoms with Gasteiger partial charge in [-0.3, -0.25) is 9.82 Å². The van der Waals surface area contributed by atoms with E-state index >= 15 is 0 Å². The average Bonchev–Trinajstić information content (AvgIpc) is 2.85. The summed E-state index contributed by atoms with van der Waals surface area (Å²) in [4.78, 5) is -0.0734. The van der Waals surface area contributed by atoms with Crippen LogP contribution in [0.4, 0.5) is 10.1 Å². The molecule has 0 bridgehead atoms. The molecule has 0 spiro atoms. The molecule has 0 aliphatic heterocycles. The topological polar surface area (TPSA) is 98.6 Å². The highest BCUT2D eigenvalue weighted by atomic mass is 32.2. The Bertz CT molecular complexity index is 704. The fraction of sp³-hybridized carbons (Fsp3) is 0. The van der Waals surface area contributed by atoms with Crippen LogP contribution in [0.25, 0.3) is 0 Å². The molecule has 6 nitrogen and oxygen atoms in total. The number of hydrogen-bond donors (Lipinski definition) is 2. The molecule has 0 unspecified atom stereocenters. The summed E-state index contributed by atoms with van der Waals surface area (Å²) in [6, 6.07) is 4.92. The van der Waals surface area contributed by atoms with Gasteiger partial charge < -0.3 is 0 Å². The predicted octanol–water partition coefficient (Wildman–Crippen LogP) is 1.22. The van der Waals surface area contributed by atoms with Crippen LogP contribution in [-0.4, -0.2) is 18.6 Å². The van der Waals surface area contributed by atoms with Crippen molar-refractivity contribution in [2.45, 2.75) is 4.90 Å². The molecule has 0 aliphatic carbocycles. The Balaban J connectivity index is 2.39. The molecule has 18 heavy (non-hydrogen) atoms. The molecule has 92 valence electrons. The summed E-state index contributed by atoms with van der Waals surface area (Å²) in [6.45, 7) is 0. The largest absolute Gasteiger partial charge is 0.284 e. The van der Waals surface area contributed by atoms with E-state index in [4.69, 9.17) is 5.26 Å². The van der Waals surface area contributed by atoms with Crippen LogP contribution in [0.1, 0.15) is 5.56 Å². The fourth-order valence-electron chi connectivity index (χ4n) is 1.29. The molecule has 0 radical (unpaired) electrons. The lowest BCUT2D eigenvalue weighted by molar-refractivity contribution is 0.601. The van der Waals surface area contributed by atoms with E-state index in [1.165, 1.54) is 12.3 Å². The second-order valence-corrected chi connectivity index (χ2v) is 5.02. The van der Waals surface area contributed by atoms with Crippen molar-refractivity contribution in [3.8, 4) is 6.07 Å². The molecule has 2 rings (SSSR count). The van der Waals surface area contributed by atoms with Gasteiger partial charge in [-0.25, -0.2) is 12.8 Å². The molecule has 0 fully saturated rings. The van der Waals surface area contributed by atoms with E-state index in [-0.39, 0.29) is 16.1 Å². The van der Waals surface area contributed by atoms with Gasteiger partial charge >= 0.3 is 0 Å². The number of nitriles is 1. The standard InChI is InChI=1S/C10H7FN4O2S/c11-8-1-2-10(7(3-8)4-12)15-18(16,17)9-5-13-14-6-9/h1-3,5-6,15H,(H,13,14). The number of sulfonamides is 1. The minimum atomic E-state index is -3.83. The van der Waals surface area contributed by atoms with Gasteiger partial charge in [-0.05, 0) is 18.2 Å². The second kappa shape index (κ2) is 4.46. The molecule has 0 saturated carbocycles. The molecule has 0 aliphatic rings. The van der Waals surface area contributed by atoms with E-state index in [9.17, 15) is 12.8 Å². The molecule has 1 aromatic heterocycles. The van der Waals surface area contributed by atoms with Crippen molar-refractivity contribution < 1.29 is 12.8 Å². The maximum absolute atomic E-state index is 12.9. The van der Waals surface area contributed by atoms with Crippen molar-refractivity contribution in [2.75, 3.05) is 4.72 Å². The fourth-order valence-corrected chi connectivity index (χ4v) is 2.27. The Labute approximate surface area is 102 Å². The van der Waals surface area contributed by atoms with Gasteiger partial charge in [0, 0.05) is 6.20 Å². The van der Waals surface area contributed by atoms with E-state index in [0.717, 1.165) is 18.3 Å². The van der Waals surface area contributed by atoms with Crippen molar-refractivity contribution in [2.24, 2.45) is 0 Å². The van der Waals surface area contributed by atoms with Crippen LogP contribution >= 0.6 is 0 Å². The van der Waals surface area contributed by atoms with Gasteiger partial charge in [-0.15, -0.1) is 0 Å². The van der Waals surface area contributed by atoms with Crippen molar-refractivity contribution in [3.05, 3.63) is 42.0 Å². The monoisotopic (exact) mass is 266 g/mol. The van der Waals surface area contributed by atoms with E-state index in [1.54, 1.807) is 6.07 Å². The molecule has 1 aromatic carbocycles. The molecular formula is C10H7FN4O2S. The lowest BCUT2D eigenvalue weighted by Crippen LogP contribution is -2.13. The smallest absolute Gasteiger partial charge is 0.265 e. The zero-order valence-electron chi connectivity index (χ0n) is 8.88. The lowest BCUT2D eigenvalue weighted by atomic mass is 10.2. The third-order valence-corrected chi connectivity index (χ3v) is 3.46. The lowest BCUT2D eigenvalue weighted by Gasteiger charge is -2.07. The van der Waals surface area contributed by atoms with Gasteiger partial charge in [0.2, 0.25) is 0 Å². The number of rotatable bonds is 3. The van der Waals surface area contributed by atoms with Crippen LogP contribution in [0.15, 0.2) is 35.5 Å². The van der Waals surface area contributed by atoms with Crippen LogP contribution in [0, 0.1) is 17.1 Å². The van der Waals surface area contributed by atoms with Gasteiger partial charge in [0.05, 0.1) is 17.4 Å². The molecule has 0 amide bonds. The number of nitrogens with one attached hydrogen (secondary N) is 2. The van der Waals surface area contributed by atoms with E-state index in [2.05, 4.69) is 14.9 Å². The number of H-pyrrole nitrogens is 1. The van der Waals surface area contributed by atoms with Gasteiger partial charge in [0.15, 0.2) is 0 Å².